The van der Waals surface area contributed by atoms with E-state index in [-0.39, 0.29) is 5.78 Å². The fourth-order valence-electron chi connectivity index (χ4n) is 4.47. The Kier molecular flexibility index (Phi) is 7.87. The second-order valence-electron chi connectivity index (χ2n) is 8.82. The van der Waals surface area contributed by atoms with Crippen molar-refractivity contribution in [1.29, 1.82) is 0 Å². The topological polar surface area (TPSA) is 17.1 Å². The lowest BCUT2D eigenvalue weighted by atomic mass is 9.92. The predicted octanol–water partition coefficient (Wildman–Crippen LogP) is 7.86. The van der Waals surface area contributed by atoms with Gasteiger partial charge in [-0.05, 0) is 66.9 Å². The number of ketones is 1. The van der Waals surface area contributed by atoms with Crippen LogP contribution in [0.1, 0.15) is 47.9 Å². The number of allylic oxidation sites excluding steroid dienone is 6. The molecule has 3 aromatic rings. The highest BCUT2D eigenvalue weighted by atomic mass is 16.1. The van der Waals surface area contributed by atoms with Crippen LogP contribution in [0.4, 0.5) is 0 Å². The van der Waals surface area contributed by atoms with E-state index in [0.29, 0.717) is 6.42 Å². The minimum Gasteiger partial charge on any atom is -0.294 e. The molecule has 0 saturated carbocycles. The lowest BCUT2D eigenvalue weighted by Gasteiger charge is -2.12. The van der Waals surface area contributed by atoms with Crippen molar-refractivity contribution in [1.82, 2.24) is 0 Å². The summed E-state index contributed by atoms with van der Waals surface area (Å²) in [6.45, 7) is 2.14. The highest BCUT2D eigenvalue weighted by Crippen LogP contribution is 2.29. The first kappa shape index (κ1) is 22.7. The summed E-state index contributed by atoms with van der Waals surface area (Å²) in [4.78, 5) is 13.3. The fraction of sp³-hybridized carbons (Fsp3) is 0.219. The Bertz CT molecular complexity index is 1160. The Balaban J connectivity index is 1.50. The number of carbonyl (C=O) groups excluding carboxylic acids is 1. The van der Waals surface area contributed by atoms with Gasteiger partial charge in [-0.1, -0.05) is 109 Å². The second-order valence-corrected chi connectivity index (χ2v) is 8.82. The molecule has 0 bridgehead atoms. The van der Waals surface area contributed by atoms with Gasteiger partial charge in [-0.3, -0.25) is 4.79 Å². The summed E-state index contributed by atoms with van der Waals surface area (Å²) in [6.07, 6.45) is 11.7. The van der Waals surface area contributed by atoms with Gasteiger partial charge in [0.05, 0.1) is 0 Å². The second kappa shape index (κ2) is 11.4. The zero-order valence-corrected chi connectivity index (χ0v) is 19.5. The highest BCUT2D eigenvalue weighted by molar-refractivity contribution is 6.00. The predicted molar refractivity (Wildman–Crippen MR) is 139 cm³/mol. The smallest absolute Gasteiger partial charge is 0.163 e. The van der Waals surface area contributed by atoms with Gasteiger partial charge in [-0.15, -0.1) is 0 Å². The third kappa shape index (κ3) is 6.52. The summed E-state index contributed by atoms with van der Waals surface area (Å²) in [5.41, 5.74) is 8.46. The van der Waals surface area contributed by atoms with E-state index >= 15 is 0 Å². The van der Waals surface area contributed by atoms with Crippen LogP contribution in [0.3, 0.4) is 0 Å². The van der Waals surface area contributed by atoms with Crippen molar-refractivity contribution >= 4 is 11.4 Å². The molecule has 0 aliphatic heterocycles. The van der Waals surface area contributed by atoms with Crippen LogP contribution in [0.25, 0.3) is 5.57 Å². The number of carbonyl (C=O) groups is 1. The third-order valence-corrected chi connectivity index (χ3v) is 6.29. The highest BCUT2D eigenvalue weighted by Gasteiger charge is 2.17. The van der Waals surface area contributed by atoms with Crippen molar-refractivity contribution in [3.63, 3.8) is 0 Å². The van der Waals surface area contributed by atoms with E-state index in [1.807, 2.05) is 24.3 Å². The van der Waals surface area contributed by atoms with Crippen molar-refractivity contribution in [3.8, 4) is 0 Å². The molecule has 0 heterocycles. The van der Waals surface area contributed by atoms with Crippen molar-refractivity contribution in [2.75, 3.05) is 0 Å². The lowest BCUT2D eigenvalue weighted by Crippen LogP contribution is -2.07. The number of benzene rings is 3. The standard InChI is InChI=1S/C32H32O/c1-25-10-8-13-27(24-25)14-9-17-30-20-19-29(28-15-6-3-7-16-28)21-22-31(30)32(33)23-18-26-11-4-2-5-12-26/h2-8,10-13,15-16,20-22,24H,9,14,17-19,23H2,1H3. The summed E-state index contributed by atoms with van der Waals surface area (Å²) in [6, 6.07) is 29.5. The first-order valence-electron chi connectivity index (χ1n) is 12.0. The van der Waals surface area contributed by atoms with Crippen molar-refractivity contribution in [3.05, 3.63) is 137 Å². The van der Waals surface area contributed by atoms with Gasteiger partial charge in [0.25, 0.3) is 0 Å². The van der Waals surface area contributed by atoms with Gasteiger partial charge in [-0.2, -0.15) is 0 Å². The number of rotatable bonds is 9. The Hall–Kier alpha value is -3.45. The molecule has 166 valence electrons. The van der Waals surface area contributed by atoms with Crippen LogP contribution in [0, 0.1) is 6.92 Å². The van der Waals surface area contributed by atoms with Crippen LogP contribution < -0.4 is 0 Å². The van der Waals surface area contributed by atoms with Gasteiger partial charge < -0.3 is 0 Å². The number of hydrogen-bond donors (Lipinski definition) is 0. The maximum Gasteiger partial charge on any atom is 0.163 e. The molecule has 1 heteroatoms. The summed E-state index contributed by atoms with van der Waals surface area (Å²) < 4.78 is 0. The maximum absolute atomic E-state index is 13.3. The summed E-state index contributed by atoms with van der Waals surface area (Å²) in [5, 5.41) is 0. The summed E-state index contributed by atoms with van der Waals surface area (Å²) >= 11 is 0. The van der Waals surface area contributed by atoms with Crippen molar-refractivity contribution in [2.24, 2.45) is 0 Å². The van der Waals surface area contributed by atoms with Crippen molar-refractivity contribution < 1.29 is 4.79 Å². The normalized spacial score (nSPS) is 13.5. The van der Waals surface area contributed by atoms with Crippen LogP contribution in [0.2, 0.25) is 0 Å². The van der Waals surface area contributed by atoms with E-state index in [0.717, 1.165) is 37.7 Å². The largest absolute Gasteiger partial charge is 0.294 e. The summed E-state index contributed by atoms with van der Waals surface area (Å²) in [7, 11) is 0. The Morgan fingerprint density at radius 1 is 0.758 bits per heavy atom. The molecule has 0 saturated heterocycles. The number of aryl methyl sites for hydroxylation is 3. The van der Waals surface area contributed by atoms with E-state index in [4.69, 9.17) is 0 Å². The molecule has 0 atom stereocenters. The van der Waals surface area contributed by atoms with Gasteiger partial charge >= 0.3 is 0 Å². The molecule has 0 radical (unpaired) electrons. The molecule has 0 spiro atoms. The first-order chi connectivity index (χ1) is 16.2. The van der Waals surface area contributed by atoms with E-state index < -0.39 is 0 Å². The minimum atomic E-state index is 0.242. The molecular weight excluding hydrogens is 400 g/mol. The average Bonchev–Trinajstić information content (AvgIpc) is 3.07. The molecule has 0 fully saturated rings. The average molecular weight is 433 g/mol. The molecule has 1 aliphatic carbocycles. The first-order valence-corrected chi connectivity index (χ1v) is 12.0. The number of hydrogen-bond acceptors (Lipinski definition) is 1. The molecule has 3 aromatic carbocycles. The molecule has 1 aliphatic rings. The van der Waals surface area contributed by atoms with Gasteiger partial charge in [-0.25, -0.2) is 0 Å². The fourth-order valence-corrected chi connectivity index (χ4v) is 4.47. The molecule has 0 N–H and O–H groups in total. The quantitative estimate of drug-likeness (QED) is 0.336. The molecule has 1 nitrogen and oxygen atoms in total. The van der Waals surface area contributed by atoms with Crippen LogP contribution in [-0.2, 0) is 17.6 Å². The van der Waals surface area contributed by atoms with E-state index in [9.17, 15) is 4.79 Å². The van der Waals surface area contributed by atoms with Crippen LogP contribution in [-0.4, -0.2) is 5.78 Å². The van der Waals surface area contributed by atoms with E-state index in [2.05, 4.69) is 85.8 Å². The molecule has 0 amide bonds. The Morgan fingerprint density at radius 2 is 1.48 bits per heavy atom. The molecule has 4 rings (SSSR count). The molecule has 0 unspecified atom stereocenters. The van der Waals surface area contributed by atoms with Gasteiger partial charge in [0, 0.05) is 12.0 Å². The molecule has 0 aromatic heterocycles. The summed E-state index contributed by atoms with van der Waals surface area (Å²) in [5.74, 6) is 0.242. The van der Waals surface area contributed by atoms with Crippen LogP contribution in [0.15, 0.2) is 114 Å². The zero-order chi connectivity index (χ0) is 22.9. The maximum atomic E-state index is 13.3. The van der Waals surface area contributed by atoms with Gasteiger partial charge in [0.2, 0.25) is 0 Å². The third-order valence-electron chi connectivity index (χ3n) is 6.29. The zero-order valence-electron chi connectivity index (χ0n) is 19.5. The minimum absolute atomic E-state index is 0.242. The lowest BCUT2D eigenvalue weighted by molar-refractivity contribution is -0.115. The Labute approximate surface area is 198 Å². The van der Waals surface area contributed by atoms with Crippen LogP contribution >= 0.6 is 0 Å². The SMILES string of the molecule is Cc1cccc(CCCC2=CCC(c3ccccc3)=CC=C2C(=O)CCc2ccccc2)c1. The monoisotopic (exact) mass is 432 g/mol. The molecule has 33 heavy (non-hydrogen) atoms. The van der Waals surface area contributed by atoms with Crippen molar-refractivity contribution in [2.45, 2.75) is 45.4 Å². The van der Waals surface area contributed by atoms with Crippen LogP contribution in [0.5, 0.6) is 0 Å². The van der Waals surface area contributed by atoms with E-state index in [1.165, 1.54) is 33.4 Å². The van der Waals surface area contributed by atoms with Gasteiger partial charge in [0.15, 0.2) is 5.78 Å². The van der Waals surface area contributed by atoms with E-state index in [1.54, 1.807) is 0 Å². The number of Topliss-reactive ketones (excluding diaryl/α,β-unsaturated/α-hetero) is 1. The molecular formula is C32H32O. The van der Waals surface area contributed by atoms with Gasteiger partial charge in [0.1, 0.15) is 0 Å². The Morgan fingerprint density at radius 3 is 2.24 bits per heavy atom.